The van der Waals surface area contributed by atoms with Crippen LogP contribution >= 0.6 is 0 Å². The summed E-state index contributed by atoms with van der Waals surface area (Å²) in [6.07, 6.45) is 1.96. The van der Waals surface area contributed by atoms with Gasteiger partial charge in [-0.2, -0.15) is 0 Å². The SMILES string of the molecule is CC.CNCc1ccc(C(C)C)cn1. The Morgan fingerprint density at radius 1 is 1.29 bits per heavy atom. The predicted octanol–water partition coefficient (Wildman–Crippen LogP) is 2.95. The van der Waals surface area contributed by atoms with Crippen molar-refractivity contribution in [2.24, 2.45) is 0 Å². The molecule has 0 aromatic carbocycles. The first-order chi connectivity index (χ1) is 6.74. The molecule has 1 heterocycles. The quantitative estimate of drug-likeness (QED) is 0.800. The Bertz CT molecular complexity index is 227. The van der Waals surface area contributed by atoms with Crippen LogP contribution in [0.4, 0.5) is 0 Å². The van der Waals surface area contributed by atoms with Crippen LogP contribution in [0.1, 0.15) is 44.9 Å². The standard InChI is InChI=1S/C10H16N2.C2H6/c1-8(2)9-4-5-10(7-11-3)12-6-9;1-2/h4-6,8,11H,7H2,1-3H3;1-2H3. The van der Waals surface area contributed by atoms with Crippen LogP contribution in [0.2, 0.25) is 0 Å². The van der Waals surface area contributed by atoms with Crippen LogP contribution < -0.4 is 5.32 Å². The highest BCUT2D eigenvalue weighted by atomic mass is 14.8. The maximum absolute atomic E-state index is 4.33. The van der Waals surface area contributed by atoms with Crippen molar-refractivity contribution in [3.63, 3.8) is 0 Å². The average molecular weight is 194 g/mol. The maximum atomic E-state index is 4.33. The molecule has 0 saturated heterocycles. The van der Waals surface area contributed by atoms with Gasteiger partial charge in [-0.05, 0) is 24.6 Å². The molecule has 2 nitrogen and oxygen atoms in total. The van der Waals surface area contributed by atoms with Crippen LogP contribution in [0.25, 0.3) is 0 Å². The topological polar surface area (TPSA) is 24.9 Å². The van der Waals surface area contributed by atoms with E-state index in [9.17, 15) is 0 Å². The summed E-state index contributed by atoms with van der Waals surface area (Å²) in [5.41, 5.74) is 2.40. The van der Waals surface area contributed by atoms with Gasteiger partial charge in [0.1, 0.15) is 0 Å². The van der Waals surface area contributed by atoms with E-state index in [1.165, 1.54) is 5.56 Å². The van der Waals surface area contributed by atoms with E-state index in [-0.39, 0.29) is 0 Å². The van der Waals surface area contributed by atoms with Crippen LogP contribution in [0.5, 0.6) is 0 Å². The molecule has 1 N–H and O–H groups in total. The first-order valence-electron chi connectivity index (χ1n) is 5.33. The summed E-state index contributed by atoms with van der Waals surface area (Å²) in [6.45, 7) is 9.20. The van der Waals surface area contributed by atoms with Crippen molar-refractivity contribution in [2.45, 2.75) is 40.2 Å². The number of hydrogen-bond donors (Lipinski definition) is 1. The van der Waals surface area contributed by atoms with Crippen molar-refractivity contribution in [3.05, 3.63) is 29.6 Å². The van der Waals surface area contributed by atoms with Crippen molar-refractivity contribution >= 4 is 0 Å². The van der Waals surface area contributed by atoms with Gasteiger partial charge in [0.15, 0.2) is 0 Å². The van der Waals surface area contributed by atoms with Crippen LogP contribution in [0.3, 0.4) is 0 Å². The lowest BCUT2D eigenvalue weighted by Gasteiger charge is -2.05. The molecule has 2 heteroatoms. The Balaban J connectivity index is 0.000000791. The molecule has 0 bridgehead atoms. The monoisotopic (exact) mass is 194 g/mol. The fraction of sp³-hybridized carbons (Fsp3) is 0.583. The molecule has 0 unspecified atom stereocenters. The zero-order chi connectivity index (χ0) is 11.0. The van der Waals surface area contributed by atoms with E-state index in [0.29, 0.717) is 5.92 Å². The van der Waals surface area contributed by atoms with E-state index in [2.05, 4.69) is 36.3 Å². The highest BCUT2D eigenvalue weighted by Gasteiger charge is 1.98. The van der Waals surface area contributed by atoms with Gasteiger partial charge in [-0.15, -0.1) is 0 Å². The van der Waals surface area contributed by atoms with E-state index in [4.69, 9.17) is 0 Å². The molecular weight excluding hydrogens is 172 g/mol. The van der Waals surface area contributed by atoms with Crippen LogP contribution in [0, 0.1) is 0 Å². The minimum atomic E-state index is 0.570. The number of hydrogen-bond acceptors (Lipinski definition) is 2. The van der Waals surface area contributed by atoms with Gasteiger partial charge >= 0.3 is 0 Å². The smallest absolute Gasteiger partial charge is 0.0541 e. The van der Waals surface area contributed by atoms with Crippen LogP contribution in [0.15, 0.2) is 18.3 Å². The molecule has 0 fully saturated rings. The third-order valence-electron chi connectivity index (χ3n) is 1.87. The average Bonchev–Trinajstić information content (AvgIpc) is 2.22. The van der Waals surface area contributed by atoms with Gasteiger partial charge in [0.2, 0.25) is 0 Å². The summed E-state index contributed by atoms with van der Waals surface area (Å²) in [4.78, 5) is 4.33. The Kier molecular flexibility index (Phi) is 7.03. The minimum Gasteiger partial charge on any atom is -0.314 e. The van der Waals surface area contributed by atoms with Gasteiger partial charge in [-0.1, -0.05) is 33.8 Å². The molecule has 0 aliphatic heterocycles. The molecule has 0 saturated carbocycles. The van der Waals surface area contributed by atoms with Gasteiger partial charge in [-0.25, -0.2) is 0 Å². The summed E-state index contributed by atoms with van der Waals surface area (Å²) in [6, 6.07) is 4.22. The molecule has 0 aliphatic rings. The first kappa shape index (κ1) is 13.1. The number of pyridine rings is 1. The van der Waals surface area contributed by atoms with E-state index < -0.39 is 0 Å². The molecule has 0 aliphatic carbocycles. The Hall–Kier alpha value is -0.890. The van der Waals surface area contributed by atoms with Crippen LogP contribution in [-0.2, 0) is 6.54 Å². The first-order valence-corrected chi connectivity index (χ1v) is 5.33. The molecule has 14 heavy (non-hydrogen) atoms. The summed E-state index contributed by atoms with van der Waals surface area (Å²) >= 11 is 0. The second-order valence-corrected chi connectivity index (χ2v) is 3.27. The fourth-order valence-corrected chi connectivity index (χ4v) is 1.06. The van der Waals surface area contributed by atoms with Gasteiger partial charge in [0, 0.05) is 12.7 Å². The molecule has 0 spiro atoms. The van der Waals surface area contributed by atoms with Crippen molar-refractivity contribution in [1.29, 1.82) is 0 Å². The van der Waals surface area contributed by atoms with Crippen molar-refractivity contribution in [1.82, 2.24) is 10.3 Å². The summed E-state index contributed by atoms with van der Waals surface area (Å²) in [5.74, 6) is 0.570. The fourth-order valence-electron chi connectivity index (χ4n) is 1.06. The van der Waals surface area contributed by atoms with Gasteiger partial charge < -0.3 is 5.32 Å². The van der Waals surface area contributed by atoms with E-state index >= 15 is 0 Å². The van der Waals surface area contributed by atoms with Crippen molar-refractivity contribution in [3.8, 4) is 0 Å². The Labute approximate surface area is 87.8 Å². The van der Waals surface area contributed by atoms with Gasteiger partial charge in [0.05, 0.1) is 5.69 Å². The van der Waals surface area contributed by atoms with Crippen molar-refractivity contribution in [2.75, 3.05) is 7.05 Å². The van der Waals surface area contributed by atoms with Gasteiger partial charge in [0.25, 0.3) is 0 Å². The molecule has 0 atom stereocenters. The zero-order valence-corrected chi connectivity index (χ0v) is 9.96. The molecule has 1 aromatic heterocycles. The van der Waals surface area contributed by atoms with Crippen molar-refractivity contribution < 1.29 is 0 Å². The van der Waals surface area contributed by atoms with Crippen LogP contribution in [-0.4, -0.2) is 12.0 Å². The minimum absolute atomic E-state index is 0.570. The largest absolute Gasteiger partial charge is 0.314 e. The summed E-state index contributed by atoms with van der Waals surface area (Å²) < 4.78 is 0. The molecule has 0 radical (unpaired) electrons. The lowest BCUT2D eigenvalue weighted by molar-refractivity contribution is 0.782. The predicted molar refractivity (Wildman–Crippen MR) is 62.4 cm³/mol. The molecule has 0 amide bonds. The summed E-state index contributed by atoms with van der Waals surface area (Å²) in [7, 11) is 1.93. The Morgan fingerprint density at radius 2 is 1.93 bits per heavy atom. The highest BCUT2D eigenvalue weighted by Crippen LogP contribution is 2.12. The zero-order valence-electron chi connectivity index (χ0n) is 9.96. The third kappa shape index (κ3) is 4.38. The van der Waals surface area contributed by atoms with E-state index in [1.54, 1.807) is 0 Å². The lowest BCUT2D eigenvalue weighted by atomic mass is 10.1. The number of nitrogens with one attached hydrogen (secondary N) is 1. The molecule has 1 aromatic rings. The lowest BCUT2D eigenvalue weighted by Crippen LogP contribution is -2.06. The van der Waals surface area contributed by atoms with Gasteiger partial charge in [-0.3, -0.25) is 4.98 Å². The number of nitrogens with zero attached hydrogens (tertiary/aromatic N) is 1. The number of aromatic nitrogens is 1. The summed E-state index contributed by atoms with van der Waals surface area (Å²) in [5, 5.41) is 3.07. The Morgan fingerprint density at radius 3 is 2.29 bits per heavy atom. The third-order valence-corrected chi connectivity index (χ3v) is 1.87. The second kappa shape index (κ2) is 7.51. The molecular formula is C12H22N2. The van der Waals surface area contributed by atoms with E-state index in [1.807, 2.05) is 27.1 Å². The van der Waals surface area contributed by atoms with E-state index in [0.717, 1.165) is 12.2 Å². The second-order valence-electron chi connectivity index (χ2n) is 3.27. The normalized spacial score (nSPS) is 9.57. The maximum Gasteiger partial charge on any atom is 0.0541 e. The molecule has 1 rings (SSSR count). The molecule has 80 valence electrons. The highest BCUT2D eigenvalue weighted by molar-refractivity contribution is 5.16. The number of rotatable bonds is 3.